The lowest BCUT2D eigenvalue weighted by Gasteiger charge is -2.17. The Balaban J connectivity index is 1.73. The number of imide groups is 1. The van der Waals surface area contributed by atoms with E-state index in [4.69, 9.17) is 0 Å². The highest BCUT2D eigenvalue weighted by atomic mass is 32.2. The first kappa shape index (κ1) is 17.8. The Morgan fingerprint density at radius 2 is 1.63 bits per heavy atom. The fourth-order valence-corrected chi connectivity index (χ4v) is 4.94. The van der Waals surface area contributed by atoms with Crippen molar-refractivity contribution in [1.82, 2.24) is 0 Å². The average molecular weight is 392 g/mol. The first-order chi connectivity index (χ1) is 13.2. The number of aryl methyl sites for hydroxylation is 1. The number of hydrogen-bond acceptors (Lipinski definition) is 4. The van der Waals surface area contributed by atoms with Crippen LogP contribution in [0.4, 0.5) is 5.69 Å². The summed E-state index contributed by atoms with van der Waals surface area (Å²) in [4.78, 5) is 29.1. The van der Waals surface area contributed by atoms with Crippen molar-refractivity contribution < 1.29 is 9.59 Å². The summed E-state index contributed by atoms with van der Waals surface area (Å²) in [5, 5.41) is 1.93. The van der Waals surface area contributed by atoms with Crippen molar-refractivity contribution in [1.29, 1.82) is 0 Å². The highest BCUT2D eigenvalue weighted by Crippen LogP contribution is 2.41. The molecule has 0 fully saturated rings. The topological polar surface area (TPSA) is 37.4 Å². The van der Waals surface area contributed by atoms with E-state index >= 15 is 0 Å². The lowest BCUT2D eigenvalue weighted by Crippen LogP contribution is -2.31. The van der Waals surface area contributed by atoms with Crippen LogP contribution in [0.2, 0.25) is 0 Å². The van der Waals surface area contributed by atoms with Gasteiger partial charge in [-0.05, 0) is 35.6 Å². The van der Waals surface area contributed by atoms with Crippen molar-refractivity contribution in [3.63, 3.8) is 0 Å². The third-order valence-corrected chi connectivity index (χ3v) is 6.42. The minimum Gasteiger partial charge on any atom is -0.268 e. The number of nitrogens with zero attached hydrogens (tertiary/aromatic N) is 1. The zero-order chi connectivity index (χ0) is 18.8. The van der Waals surface area contributed by atoms with Crippen LogP contribution in [-0.4, -0.2) is 11.8 Å². The SMILES string of the molecule is Cc1ccccc1N1C(=O)C(SCc2ccccc2)=C(c2cccs2)C1=O. The first-order valence-electron chi connectivity index (χ1n) is 8.56. The number of carbonyl (C=O) groups is 2. The highest BCUT2D eigenvalue weighted by Gasteiger charge is 2.41. The quantitative estimate of drug-likeness (QED) is 0.556. The summed E-state index contributed by atoms with van der Waals surface area (Å²) in [6.45, 7) is 1.91. The molecule has 3 nitrogen and oxygen atoms in total. The van der Waals surface area contributed by atoms with Gasteiger partial charge < -0.3 is 0 Å². The van der Waals surface area contributed by atoms with Gasteiger partial charge >= 0.3 is 0 Å². The van der Waals surface area contributed by atoms with Gasteiger partial charge in [0.1, 0.15) is 0 Å². The third kappa shape index (κ3) is 3.36. The Labute approximate surface area is 166 Å². The highest BCUT2D eigenvalue weighted by molar-refractivity contribution is 8.03. The van der Waals surface area contributed by atoms with Crippen LogP contribution in [0.15, 0.2) is 77.0 Å². The standard InChI is InChI=1S/C22H17NO2S2/c1-15-8-5-6-11-17(15)23-21(24)19(18-12-7-13-26-18)20(22(23)25)27-14-16-9-3-2-4-10-16/h2-13H,14H2,1H3. The predicted octanol–water partition coefficient (Wildman–Crippen LogP) is 5.27. The molecule has 1 aliphatic rings. The molecule has 0 atom stereocenters. The Bertz CT molecular complexity index is 1020. The van der Waals surface area contributed by atoms with E-state index < -0.39 is 0 Å². The molecule has 1 aliphatic heterocycles. The summed E-state index contributed by atoms with van der Waals surface area (Å²) >= 11 is 2.92. The molecule has 0 bridgehead atoms. The van der Waals surface area contributed by atoms with Crippen molar-refractivity contribution in [3.8, 4) is 0 Å². The lowest BCUT2D eigenvalue weighted by atomic mass is 10.1. The smallest absolute Gasteiger partial charge is 0.268 e. The van der Waals surface area contributed by atoms with E-state index in [1.165, 1.54) is 28.0 Å². The molecule has 0 saturated carbocycles. The number of carbonyl (C=O) groups excluding carboxylic acids is 2. The van der Waals surface area contributed by atoms with E-state index in [1.807, 2.05) is 79.0 Å². The molecular weight excluding hydrogens is 374 g/mol. The molecule has 0 N–H and O–H groups in total. The molecule has 0 spiro atoms. The fourth-order valence-electron chi connectivity index (χ4n) is 3.04. The molecule has 2 amide bonds. The maximum absolute atomic E-state index is 13.2. The molecule has 2 heterocycles. The van der Waals surface area contributed by atoms with Crippen molar-refractivity contribution >= 4 is 46.2 Å². The minimum atomic E-state index is -0.243. The van der Waals surface area contributed by atoms with Gasteiger partial charge in [-0.1, -0.05) is 54.6 Å². The molecule has 0 aliphatic carbocycles. The van der Waals surface area contributed by atoms with Gasteiger partial charge in [0.25, 0.3) is 11.8 Å². The minimum absolute atomic E-state index is 0.237. The third-order valence-electron chi connectivity index (χ3n) is 4.39. The zero-order valence-electron chi connectivity index (χ0n) is 14.7. The van der Waals surface area contributed by atoms with Crippen molar-refractivity contribution in [2.45, 2.75) is 12.7 Å². The van der Waals surface area contributed by atoms with Gasteiger partial charge in [0.2, 0.25) is 0 Å². The van der Waals surface area contributed by atoms with Crippen molar-refractivity contribution in [2.24, 2.45) is 0 Å². The van der Waals surface area contributed by atoms with Crippen LogP contribution in [0, 0.1) is 6.92 Å². The molecule has 3 aromatic rings. The second kappa shape index (κ2) is 7.55. The van der Waals surface area contributed by atoms with E-state index in [2.05, 4.69) is 0 Å². The number of thioether (sulfide) groups is 1. The average Bonchev–Trinajstić information content (AvgIpc) is 3.28. The number of amides is 2. The summed E-state index contributed by atoms with van der Waals surface area (Å²) in [6, 6.07) is 21.3. The van der Waals surface area contributed by atoms with Gasteiger partial charge in [0.15, 0.2) is 0 Å². The molecule has 134 valence electrons. The van der Waals surface area contributed by atoms with Gasteiger partial charge in [-0.15, -0.1) is 23.1 Å². The monoisotopic (exact) mass is 391 g/mol. The molecule has 0 unspecified atom stereocenters. The maximum Gasteiger partial charge on any atom is 0.272 e. The molecule has 0 radical (unpaired) electrons. The van der Waals surface area contributed by atoms with Crippen LogP contribution in [0.25, 0.3) is 5.57 Å². The summed E-state index contributed by atoms with van der Waals surface area (Å²) in [5.41, 5.74) is 3.19. The second-order valence-electron chi connectivity index (χ2n) is 6.19. The largest absolute Gasteiger partial charge is 0.272 e. The molecular formula is C22H17NO2S2. The summed E-state index contributed by atoms with van der Waals surface area (Å²) < 4.78 is 0. The Kier molecular flexibility index (Phi) is 4.97. The van der Waals surface area contributed by atoms with Gasteiger partial charge in [-0.25, -0.2) is 4.90 Å². The zero-order valence-corrected chi connectivity index (χ0v) is 16.3. The van der Waals surface area contributed by atoms with E-state index in [9.17, 15) is 9.59 Å². The van der Waals surface area contributed by atoms with Crippen LogP contribution in [-0.2, 0) is 15.3 Å². The van der Waals surface area contributed by atoms with Gasteiger partial charge in [-0.2, -0.15) is 0 Å². The summed E-state index contributed by atoms with van der Waals surface area (Å²) in [6.07, 6.45) is 0. The van der Waals surface area contributed by atoms with Crippen LogP contribution in [0.5, 0.6) is 0 Å². The second-order valence-corrected chi connectivity index (χ2v) is 8.12. The number of anilines is 1. The summed E-state index contributed by atoms with van der Waals surface area (Å²) in [5.74, 6) is 0.164. The van der Waals surface area contributed by atoms with E-state index in [0.717, 1.165) is 16.0 Å². The van der Waals surface area contributed by atoms with Crippen LogP contribution in [0.1, 0.15) is 16.0 Å². The first-order valence-corrected chi connectivity index (χ1v) is 10.4. The van der Waals surface area contributed by atoms with Crippen molar-refractivity contribution in [2.75, 3.05) is 4.90 Å². The van der Waals surface area contributed by atoms with Crippen molar-refractivity contribution in [3.05, 3.63) is 93.0 Å². The number of benzene rings is 2. The van der Waals surface area contributed by atoms with E-state index in [0.29, 0.717) is 21.9 Å². The molecule has 27 heavy (non-hydrogen) atoms. The fraction of sp³-hybridized carbons (Fsp3) is 0.0909. The lowest BCUT2D eigenvalue weighted by molar-refractivity contribution is -0.119. The number of rotatable bonds is 5. The normalized spacial score (nSPS) is 14.3. The maximum atomic E-state index is 13.2. The Hall–Kier alpha value is -2.63. The van der Waals surface area contributed by atoms with E-state index in [-0.39, 0.29) is 11.8 Å². The Morgan fingerprint density at radius 1 is 0.889 bits per heavy atom. The number of thiophene rings is 1. The molecule has 1 aromatic heterocycles. The number of para-hydroxylation sites is 1. The van der Waals surface area contributed by atoms with Gasteiger partial charge in [-0.3, -0.25) is 9.59 Å². The van der Waals surface area contributed by atoms with Crippen LogP contribution < -0.4 is 4.90 Å². The molecule has 0 saturated heterocycles. The predicted molar refractivity (Wildman–Crippen MR) is 113 cm³/mol. The summed E-state index contributed by atoms with van der Waals surface area (Å²) in [7, 11) is 0. The van der Waals surface area contributed by atoms with Crippen LogP contribution >= 0.6 is 23.1 Å². The molecule has 2 aromatic carbocycles. The Morgan fingerprint density at radius 3 is 2.33 bits per heavy atom. The molecule has 5 heteroatoms. The van der Waals surface area contributed by atoms with Crippen LogP contribution in [0.3, 0.4) is 0 Å². The van der Waals surface area contributed by atoms with Gasteiger partial charge in [0, 0.05) is 10.6 Å². The molecule has 4 rings (SSSR count). The number of hydrogen-bond donors (Lipinski definition) is 0. The van der Waals surface area contributed by atoms with E-state index in [1.54, 1.807) is 0 Å². The van der Waals surface area contributed by atoms with Gasteiger partial charge in [0.05, 0.1) is 16.2 Å².